The topological polar surface area (TPSA) is 26.3 Å². The molecule has 0 heterocycles. The monoisotopic (exact) mass is 248 g/mol. The minimum absolute atomic E-state index is 0.340. The van der Waals surface area contributed by atoms with E-state index in [0.29, 0.717) is 0 Å². The third-order valence-electron chi connectivity index (χ3n) is 2.49. The lowest BCUT2D eigenvalue weighted by atomic mass is 9.99. The molecule has 18 heavy (non-hydrogen) atoms. The second-order valence-electron chi connectivity index (χ2n) is 4.64. The molecule has 0 aromatic carbocycles. The predicted octanol–water partition coefficient (Wildman–Crippen LogP) is 4.35. The molecule has 0 spiro atoms. The first-order valence-corrected chi connectivity index (χ1v) is 6.23. The van der Waals surface area contributed by atoms with Crippen molar-refractivity contribution in [2.24, 2.45) is 0 Å². The van der Waals surface area contributed by atoms with Crippen LogP contribution in [0.15, 0.2) is 48.6 Å². The van der Waals surface area contributed by atoms with Crippen molar-refractivity contribution in [2.75, 3.05) is 0 Å². The van der Waals surface area contributed by atoms with Gasteiger partial charge in [-0.1, -0.05) is 36.5 Å². The first kappa shape index (κ1) is 16.4. The Bertz CT molecular complexity index is 357. The predicted molar refractivity (Wildman–Crippen MR) is 77.3 cm³/mol. The Balaban J connectivity index is 4.42. The van der Waals surface area contributed by atoms with Crippen LogP contribution in [0.1, 0.15) is 40.5 Å². The summed E-state index contributed by atoms with van der Waals surface area (Å²) in [6.07, 6.45) is 12.2. The van der Waals surface area contributed by atoms with E-state index in [0.717, 1.165) is 12.8 Å². The van der Waals surface area contributed by atoms with Gasteiger partial charge in [0.1, 0.15) is 5.60 Å². The molecular weight excluding hydrogens is 224 g/mol. The highest BCUT2D eigenvalue weighted by Gasteiger charge is 2.23. The second-order valence-corrected chi connectivity index (χ2v) is 4.64. The van der Waals surface area contributed by atoms with Crippen molar-refractivity contribution in [1.82, 2.24) is 0 Å². The number of carbonyl (C=O) groups is 1. The fourth-order valence-electron chi connectivity index (χ4n) is 1.35. The van der Waals surface area contributed by atoms with Crippen LogP contribution in [-0.4, -0.2) is 11.6 Å². The van der Waals surface area contributed by atoms with E-state index in [9.17, 15) is 4.79 Å². The minimum Gasteiger partial charge on any atom is -0.452 e. The van der Waals surface area contributed by atoms with Crippen molar-refractivity contribution >= 4 is 5.97 Å². The van der Waals surface area contributed by atoms with Crippen LogP contribution in [0.5, 0.6) is 0 Å². The minimum atomic E-state index is -0.608. The lowest BCUT2D eigenvalue weighted by Crippen LogP contribution is -2.28. The van der Waals surface area contributed by atoms with Crippen LogP contribution in [0.2, 0.25) is 0 Å². The highest BCUT2D eigenvalue weighted by atomic mass is 16.6. The fraction of sp³-hybridized carbons (Fsp3) is 0.438. The summed E-state index contributed by atoms with van der Waals surface area (Å²) in [5.41, 5.74) is 0.657. The summed E-state index contributed by atoms with van der Waals surface area (Å²) < 4.78 is 5.41. The van der Waals surface area contributed by atoms with Gasteiger partial charge in [-0.2, -0.15) is 0 Å². The van der Waals surface area contributed by atoms with Gasteiger partial charge in [-0.15, -0.1) is 0 Å². The molecule has 2 heteroatoms. The van der Waals surface area contributed by atoms with E-state index in [1.807, 2.05) is 19.9 Å². The third kappa shape index (κ3) is 7.66. The molecule has 2 nitrogen and oxygen atoms in total. The fourth-order valence-corrected chi connectivity index (χ4v) is 1.35. The molecule has 0 bridgehead atoms. The highest BCUT2D eigenvalue weighted by Crippen LogP contribution is 2.20. The molecule has 0 radical (unpaired) electrons. The highest BCUT2D eigenvalue weighted by molar-refractivity contribution is 5.82. The van der Waals surface area contributed by atoms with E-state index in [-0.39, 0.29) is 5.97 Å². The molecular formula is C16H24O2. The standard InChI is InChI=1S/C16H24O2/c1-6-8-9-12-15(17)18-16(5,7-2)13-10-11-14(3)4/h6-9,11-12H,2,10,13H2,1,3-5H3/b8-6+,12-9+. The number of hydrogen-bond acceptors (Lipinski definition) is 2. The molecule has 0 saturated carbocycles. The van der Waals surface area contributed by atoms with Gasteiger partial charge in [0, 0.05) is 6.08 Å². The van der Waals surface area contributed by atoms with Gasteiger partial charge in [-0.25, -0.2) is 4.79 Å². The number of rotatable bonds is 7. The molecule has 0 aliphatic rings. The summed E-state index contributed by atoms with van der Waals surface area (Å²) in [6.45, 7) is 11.6. The van der Waals surface area contributed by atoms with Crippen molar-refractivity contribution in [3.63, 3.8) is 0 Å². The van der Waals surface area contributed by atoms with E-state index in [1.165, 1.54) is 11.6 Å². The van der Waals surface area contributed by atoms with Crippen LogP contribution in [0.4, 0.5) is 0 Å². The van der Waals surface area contributed by atoms with E-state index in [4.69, 9.17) is 4.74 Å². The van der Waals surface area contributed by atoms with Crippen molar-refractivity contribution in [1.29, 1.82) is 0 Å². The average Bonchev–Trinajstić information content (AvgIpc) is 2.28. The van der Waals surface area contributed by atoms with E-state index in [2.05, 4.69) is 26.5 Å². The van der Waals surface area contributed by atoms with Crippen LogP contribution in [-0.2, 0) is 9.53 Å². The lowest BCUT2D eigenvalue weighted by Gasteiger charge is -2.24. The Hall–Kier alpha value is -1.57. The van der Waals surface area contributed by atoms with Gasteiger partial charge in [-0.3, -0.25) is 0 Å². The smallest absolute Gasteiger partial charge is 0.331 e. The number of ether oxygens (including phenoxy) is 1. The summed E-state index contributed by atoms with van der Waals surface area (Å²) in [6, 6.07) is 0. The summed E-state index contributed by atoms with van der Waals surface area (Å²) in [7, 11) is 0. The third-order valence-corrected chi connectivity index (χ3v) is 2.49. The number of hydrogen-bond donors (Lipinski definition) is 0. The van der Waals surface area contributed by atoms with Crippen molar-refractivity contribution in [3.05, 3.63) is 48.6 Å². The number of esters is 1. The summed E-state index contributed by atoms with van der Waals surface area (Å²) in [5.74, 6) is -0.340. The molecule has 0 N–H and O–H groups in total. The zero-order valence-corrected chi connectivity index (χ0v) is 11.9. The zero-order valence-electron chi connectivity index (χ0n) is 11.9. The van der Waals surface area contributed by atoms with Gasteiger partial charge >= 0.3 is 5.97 Å². The summed E-state index contributed by atoms with van der Waals surface area (Å²) in [4.78, 5) is 11.6. The van der Waals surface area contributed by atoms with Crippen LogP contribution >= 0.6 is 0 Å². The lowest BCUT2D eigenvalue weighted by molar-refractivity contribution is -0.147. The Morgan fingerprint density at radius 2 is 2.00 bits per heavy atom. The molecule has 1 unspecified atom stereocenters. The quantitative estimate of drug-likeness (QED) is 0.290. The average molecular weight is 248 g/mol. The first-order chi connectivity index (χ1) is 8.43. The molecule has 100 valence electrons. The van der Waals surface area contributed by atoms with Gasteiger partial charge in [-0.05, 0) is 46.6 Å². The Morgan fingerprint density at radius 1 is 1.33 bits per heavy atom. The Labute approximate surface area is 111 Å². The summed E-state index contributed by atoms with van der Waals surface area (Å²) >= 11 is 0. The first-order valence-electron chi connectivity index (χ1n) is 6.23. The van der Waals surface area contributed by atoms with Crippen LogP contribution in [0.25, 0.3) is 0 Å². The SMILES string of the molecule is C=CC(C)(CCC=C(C)C)OC(=O)/C=C/C=C/C. The molecule has 0 fully saturated rings. The maximum Gasteiger partial charge on any atom is 0.331 e. The van der Waals surface area contributed by atoms with Crippen LogP contribution in [0, 0.1) is 0 Å². The van der Waals surface area contributed by atoms with Gasteiger partial charge < -0.3 is 4.74 Å². The molecule has 0 aromatic rings. The summed E-state index contributed by atoms with van der Waals surface area (Å²) in [5, 5.41) is 0. The van der Waals surface area contributed by atoms with Crippen LogP contribution in [0.3, 0.4) is 0 Å². The molecule has 1 atom stereocenters. The van der Waals surface area contributed by atoms with Gasteiger partial charge in [0.2, 0.25) is 0 Å². The van der Waals surface area contributed by atoms with Gasteiger partial charge in [0.15, 0.2) is 0 Å². The normalized spacial score (nSPS) is 14.4. The largest absolute Gasteiger partial charge is 0.452 e. The Kier molecular flexibility index (Phi) is 7.77. The molecule has 0 saturated heterocycles. The van der Waals surface area contributed by atoms with Gasteiger partial charge in [0.05, 0.1) is 0 Å². The van der Waals surface area contributed by atoms with Crippen molar-refractivity contribution in [2.45, 2.75) is 46.1 Å². The van der Waals surface area contributed by atoms with E-state index in [1.54, 1.807) is 18.2 Å². The van der Waals surface area contributed by atoms with E-state index >= 15 is 0 Å². The molecule has 0 amide bonds. The second kappa shape index (κ2) is 8.51. The number of carbonyl (C=O) groups excluding carboxylic acids is 1. The number of allylic oxidation sites excluding steroid dienone is 5. The maximum atomic E-state index is 11.6. The van der Waals surface area contributed by atoms with Gasteiger partial charge in [0.25, 0.3) is 0 Å². The molecule has 0 aliphatic carbocycles. The molecule has 0 rings (SSSR count). The Morgan fingerprint density at radius 3 is 2.50 bits per heavy atom. The zero-order chi connectivity index (χ0) is 14.0. The van der Waals surface area contributed by atoms with Crippen molar-refractivity contribution < 1.29 is 9.53 Å². The maximum absolute atomic E-state index is 11.6. The molecule has 0 aromatic heterocycles. The van der Waals surface area contributed by atoms with Crippen LogP contribution < -0.4 is 0 Å². The molecule has 0 aliphatic heterocycles. The van der Waals surface area contributed by atoms with Crippen molar-refractivity contribution in [3.8, 4) is 0 Å². The van der Waals surface area contributed by atoms with E-state index < -0.39 is 5.60 Å².